The van der Waals surface area contributed by atoms with Gasteiger partial charge < -0.3 is 0 Å². The maximum absolute atomic E-state index is 12.2. The van der Waals surface area contributed by atoms with Gasteiger partial charge in [-0.15, -0.1) is 0 Å². The molecule has 0 amide bonds. The predicted molar refractivity (Wildman–Crippen MR) is 83.6 cm³/mol. The molecule has 0 aliphatic rings. The van der Waals surface area contributed by atoms with Gasteiger partial charge in [-0.1, -0.05) is 17.7 Å². The van der Waals surface area contributed by atoms with Crippen molar-refractivity contribution < 1.29 is 4.79 Å². The zero-order chi connectivity index (χ0) is 15.6. The monoisotopic (exact) mass is 304 g/mol. The Morgan fingerprint density at radius 1 is 1.29 bits per heavy atom. The Kier molecular flexibility index (Phi) is 4.58. The van der Waals surface area contributed by atoms with Crippen molar-refractivity contribution in [2.45, 2.75) is 33.7 Å². The van der Waals surface area contributed by atoms with Crippen LogP contribution in [-0.4, -0.2) is 15.0 Å². The number of carbonyl (C=O) groups is 1. The van der Waals surface area contributed by atoms with E-state index in [1.165, 1.54) is 4.68 Å². The van der Waals surface area contributed by atoms with Crippen molar-refractivity contribution in [2.75, 3.05) is 0 Å². The van der Waals surface area contributed by atoms with E-state index in [1.807, 2.05) is 39.0 Å². The lowest BCUT2D eigenvalue weighted by atomic mass is 10.0. The van der Waals surface area contributed by atoms with Crippen LogP contribution in [0.4, 0.5) is 0 Å². The van der Waals surface area contributed by atoms with Gasteiger partial charge in [-0.3, -0.25) is 9.59 Å². The zero-order valence-electron chi connectivity index (χ0n) is 12.3. The molecule has 0 atom stereocenters. The molecule has 1 aromatic carbocycles. The third kappa shape index (κ3) is 3.39. The van der Waals surface area contributed by atoms with E-state index >= 15 is 0 Å². The molecule has 0 radical (unpaired) electrons. The molecule has 4 nitrogen and oxygen atoms in total. The number of halogens is 1. The molecule has 0 fully saturated rings. The highest BCUT2D eigenvalue weighted by Gasteiger charge is 2.13. The number of hydrogen-bond acceptors (Lipinski definition) is 3. The van der Waals surface area contributed by atoms with E-state index in [1.54, 1.807) is 6.07 Å². The van der Waals surface area contributed by atoms with Crippen LogP contribution in [0.3, 0.4) is 0 Å². The number of aryl methyl sites for hydroxylation is 3. The molecule has 1 heterocycles. The number of nitrogens with zero attached hydrogens (tertiary/aromatic N) is 2. The van der Waals surface area contributed by atoms with Gasteiger partial charge in [-0.05, 0) is 50.1 Å². The molecule has 2 aromatic rings. The Hall–Kier alpha value is -1.94. The lowest BCUT2D eigenvalue weighted by Crippen LogP contribution is -2.26. The topological polar surface area (TPSA) is 52.0 Å². The molecule has 0 saturated carbocycles. The van der Waals surface area contributed by atoms with Crippen molar-refractivity contribution in [1.29, 1.82) is 0 Å². The summed E-state index contributed by atoms with van der Waals surface area (Å²) in [6.07, 6.45) is -0.0826. The van der Waals surface area contributed by atoms with Gasteiger partial charge in [0.15, 0.2) is 0 Å². The van der Waals surface area contributed by atoms with Crippen LogP contribution in [0.25, 0.3) is 11.3 Å². The SMILES string of the molecule is CCn1nc(-c2cc(C)ccc2C)cc(CC(=O)Cl)c1=O. The fraction of sp³-hybridized carbons (Fsp3) is 0.312. The summed E-state index contributed by atoms with van der Waals surface area (Å²) < 4.78 is 1.37. The van der Waals surface area contributed by atoms with Crippen LogP contribution in [0.2, 0.25) is 0 Å². The maximum atomic E-state index is 12.2. The van der Waals surface area contributed by atoms with Gasteiger partial charge in [0.1, 0.15) is 0 Å². The van der Waals surface area contributed by atoms with Gasteiger partial charge in [0, 0.05) is 17.7 Å². The van der Waals surface area contributed by atoms with Crippen LogP contribution in [0.1, 0.15) is 23.6 Å². The lowest BCUT2D eigenvalue weighted by Gasteiger charge is -2.11. The molecule has 2 rings (SSSR count). The van der Waals surface area contributed by atoms with Gasteiger partial charge >= 0.3 is 0 Å². The van der Waals surface area contributed by atoms with E-state index in [0.717, 1.165) is 16.7 Å². The third-order valence-electron chi connectivity index (χ3n) is 3.35. The Labute approximate surface area is 128 Å². The van der Waals surface area contributed by atoms with Crippen LogP contribution in [0.5, 0.6) is 0 Å². The smallest absolute Gasteiger partial charge is 0.270 e. The molecule has 21 heavy (non-hydrogen) atoms. The molecule has 0 N–H and O–H groups in total. The van der Waals surface area contributed by atoms with E-state index in [0.29, 0.717) is 17.8 Å². The number of rotatable bonds is 4. The van der Waals surface area contributed by atoms with Crippen molar-refractivity contribution in [1.82, 2.24) is 9.78 Å². The number of aromatic nitrogens is 2. The highest BCUT2D eigenvalue weighted by molar-refractivity contribution is 6.63. The molecule has 5 heteroatoms. The molecule has 110 valence electrons. The van der Waals surface area contributed by atoms with E-state index in [2.05, 4.69) is 5.10 Å². The van der Waals surface area contributed by atoms with Gasteiger partial charge in [-0.25, -0.2) is 4.68 Å². The van der Waals surface area contributed by atoms with Crippen LogP contribution in [0.15, 0.2) is 29.1 Å². The molecular formula is C16H17ClN2O2. The molecule has 0 saturated heterocycles. The molecule has 0 bridgehead atoms. The maximum Gasteiger partial charge on any atom is 0.270 e. The first-order valence-electron chi connectivity index (χ1n) is 6.79. The van der Waals surface area contributed by atoms with Gasteiger partial charge in [-0.2, -0.15) is 5.10 Å². The van der Waals surface area contributed by atoms with Crippen molar-refractivity contribution in [2.24, 2.45) is 0 Å². The molecule has 0 aliphatic heterocycles. The molecular weight excluding hydrogens is 288 g/mol. The predicted octanol–water partition coefficient (Wildman–Crippen LogP) is 2.85. The Balaban J connectivity index is 2.66. The normalized spacial score (nSPS) is 10.7. The lowest BCUT2D eigenvalue weighted by molar-refractivity contribution is -0.111. The summed E-state index contributed by atoms with van der Waals surface area (Å²) in [6.45, 7) is 6.28. The minimum atomic E-state index is -0.548. The van der Waals surface area contributed by atoms with Crippen LogP contribution >= 0.6 is 11.6 Å². The fourth-order valence-electron chi connectivity index (χ4n) is 2.23. The van der Waals surface area contributed by atoms with E-state index < -0.39 is 5.24 Å². The summed E-state index contributed by atoms with van der Waals surface area (Å²) in [5.41, 5.74) is 3.94. The van der Waals surface area contributed by atoms with Gasteiger partial charge in [0.2, 0.25) is 5.24 Å². The van der Waals surface area contributed by atoms with E-state index in [9.17, 15) is 9.59 Å². The van der Waals surface area contributed by atoms with Crippen molar-refractivity contribution in [3.05, 3.63) is 51.3 Å². The highest BCUT2D eigenvalue weighted by atomic mass is 35.5. The van der Waals surface area contributed by atoms with Crippen LogP contribution in [-0.2, 0) is 17.8 Å². The summed E-state index contributed by atoms with van der Waals surface area (Å²) in [5.74, 6) is 0. The Morgan fingerprint density at radius 3 is 2.62 bits per heavy atom. The summed E-state index contributed by atoms with van der Waals surface area (Å²) in [7, 11) is 0. The largest absolute Gasteiger partial charge is 0.281 e. The van der Waals surface area contributed by atoms with Crippen LogP contribution < -0.4 is 5.56 Å². The van der Waals surface area contributed by atoms with Crippen LogP contribution in [0, 0.1) is 13.8 Å². The molecule has 0 unspecified atom stereocenters. The highest BCUT2D eigenvalue weighted by Crippen LogP contribution is 2.22. The number of hydrogen-bond donors (Lipinski definition) is 0. The van der Waals surface area contributed by atoms with Gasteiger partial charge in [0.25, 0.3) is 5.56 Å². The van der Waals surface area contributed by atoms with E-state index in [4.69, 9.17) is 11.6 Å². The van der Waals surface area contributed by atoms with Crippen molar-refractivity contribution in [3.63, 3.8) is 0 Å². The first kappa shape index (κ1) is 15.4. The summed E-state index contributed by atoms with van der Waals surface area (Å²) in [6, 6.07) is 7.73. The standard InChI is InChI=1S/C16H17ClN2O2/c1-4-19-16(21)12(9-15(17)20)8-14(18-19)13-7-10(2)5-6-11(13)3/h5-8H,4,9H2,1-3H3. The molecule has 1 aromatic heterocycles. The second kappa shape index (κ2) is 6.22. The first-order valence-corrected chi connectivity index (χ1v) is 7.17. The second-order valence-electron chi connectivity index (χ2n) is 5.03. The molecule has 0 aliphatic carbocycles. The average molecular weight is 305 g/mol. The zero-order valence-corrected chi connectivity index (χ0v) is 13.1. The molecule has 0 spiro atoms. The fourth-order valence-corrected chi connectivity index (χ4v) is 2.37. The summed E-state index contributed by atoms with van der Waals surface area (Å²) in [4.78, 5) is 23.3. The summed E-state index contributed by atoms with van der Waals surface area (Å²) >= 11 is 5.43. The van der Waals surface area contributed by atoms with Gasteiger partial charge in [0.05, 0.1) is 12.1 Å². The van der Waals surface area contributed by atoms with Crippen molar-refractivity contribution in [3.8, 4) is 11.3 Å². The van der Waals surface area contributed by atoms with E-state index in [-0.39, 0.29) is 12.0 Å². The minimum Gasteiger partial charge on any atom is -0.281 e. The Bertz CT molecular complexity index is 750. The summed E-state index contributed by atoms with van der Waals surface area (Å²) in [5, 5.41) is 3.83. The number of benzene rings is 1. The minimum absolute atomic E-state index is 0.0826. The third-order valence-corrected chi connectivity index (χ3v) is 3.48. The first-order chi connectivity index (χ1) is 9.92. The van der Waals surface area contributed by atoms with Crippen molar-refractivity contribution >= 4 is 16.8 Å². The average Bonchev–Trinajstić information content (AvgIpc) is 2.43. The second-order valence-corrected chi connectivity index (χ2v) is 5.45. The Morgan fingerprint density at radius 2 is 2.00 bits per heavy atom. The number of carbonyl (C=O) groups excluding carboxylic acids is 1. The quantitative estimate of drug-likeness (QED) is 0.816.